The minimum atomic E-state index is -6.05. The number of rotatable bonds is 5. The van der Waals surface area contributed by atoms with Crippen molar-refractivity contribution in [3.8, 4) is 23.0 Å². The summed E-state index contributed by atoms with van der Waals surface area (Å²) in [5.74, 6) is 0.618. The van der Waals surface area contributed by atoms with Crippen LogP contribution in [0.5, 0.6) is 11.5 Å². The molecular weight excluding hydrogens is 464 g/mol. The number of fused-ring (bicyclic) bond motifs is 1. The molecule has 2 aromatic rings. The number of phenolic OH excluding ortho intramolecular Hbond substituents is 1. The van der Waals surface area contributed by atoms with Crippen LogP contribution in [0.2, 0.25) is 16.6 Å². The molecule has 0 aromatic heterocycles. The molecule has 4 nitrogen and oxygen atoms in total. The van der Waals surface area contributed by atoms with Crippen molar-refractivity contribution in [2.75, 3.05) is 0 Å². The predicted octanol–water partition coefficient (Wildman–Crippen LogP) is 6.48. The van der Waals surface area contributed by atoms with Gasteiger partial charge in [0.05, 0.1) is 5.56 Å². The van der Waals surface area contributed by atoms with E-state index in [9.17, 15) is 31.1 Å². The van der Waals surface area contributed by atoms with Crippen molar-refractivity contribution in [2.45, 2.75) is 63.7 Å². The average Bonchev–Trinajstić information content (AvgIpc) is 2.61. The Morgan fingerprint density at radius 3 is 2.00 bits per heavy atom. The molecule has 176 valence electrons. The number of halogens is 4. The molecule has 32 heavy (non-hydrogen) atoms. The van der Waals surface area contributed by atoms with Crippen LogP contribution in [0.15, 0.2) is 24.3 Å². The van der Waals surface area contributed by atoms with E-state index in [0.29, 0.717) is 6.07 Å². The molecule has 0 aliphatic rings. The van der Waals surface area contributed by atoms with E-state index in [2.05, 4.69) is 15.6 Å². The highest BCUT2D eigenvalue weighted by atomic mass is 32.2. The van der Waals surface area contributed by atoms with E-state index < -0.39 is 41.0 Å². The van der Waals surface area contributed by atoms with E-state index in [1.54, 1.807) is 0 Å². The van der Waals surface area contributed by atoms with Crippen LogP contribution in [-0.4, -0.2) is 27.1 Å². The third-order valence-corrected chi connectivity index (χ3v) is 13.0. The van der Waals surface area contributed by atoms with Crippen molar-refractivity contribution in [2.24, 2.45) is 0 Å². The normalized spacial score (nSPS) is 13.0. The van der Waals surface area contributed by atoms with Gasteiger partial charge in [0.25, 0.3) is 0 Å². The van der Waals surface area contributed by atoms with E-state index in [4.69, 9.17) is 0 Å². The molecule has 0 aliphatic carbocycles. The first kappa shape index (κ1) is 26.0. The van der Waals surface area contributed by atoms with E-state index in [0.717, 1.165) is 6.07 Å². The maximum atomic E-state index is 14.9. The minimum absolute atomic E-state index is 0.0916. The number of hydrogen-bond acceptors (Lipinski definition) is 4. The highest BCUT2D eigenvalue weighted by molar-refractivity contribution is 7.88. The number of alkyl halides is 3. The van der Waals surface area contributed by atoms with E-state index in [1.807, 2.05) is 41.5 Å². The SMILES string of the molecule is CC(C)[Si](C#Cc1c(F)ccc2cc(O)cc(OS(=O)(=O)C(F)(F)F)c12)(C(C)C)C(C)C. The van der Waals surface area contributed by atoms with Gasteiger partial charge in [-0.15, -0.1) is 5.54 Å². The lowest BCUT2D eigenvalue weighted by Crippen LogP contribution is -2.43. The molecule has 0 radical (unpaired) electrons. The number of benzene rings is 2. The summed E-state index contributed by atoms with van der Waals surface area (Å²) in [6, 6.07) is 4.15. The lowest BCUT2D eigenvalue weighted by molar-refractivity contribution is -0.0499. The molecule has 2 rings (SSSR count). The quantitative estimate of drug-likeness (QED) is 0.171. The fraction of sp³-hybridized carbons (Fsp3) is 0.455. The van der Waals surface area contributed by atoms with Gasteiger partial charge in [0.15, 0.2) is 5.75 Å². The summed E-state index contributed by atoms with van der Waals surface area (Å²) in [5, 5.41) is 9.71. The lowest BCUT2D eigenvalue weighted by Gasteiger charge is -2.38. The first-order valence-electron chi connectivity index (χ1n) is 10.0. The van der Waals surface area contributed by atoms with Gasteiger partial charge in [-0.25, -0.2) is 4.39 Å². The highest BCUT2D eigenvalue weighted by Crippen LogP contribution is 2.42. The second-order valence-electron chi connectivity index (χ2n) is 8.59. The summed E-state index contributed by atoms with van der Waals surface area (Å²) in [6.07, 6.45) is 0. The predicted molar refractivity (Wildman–Crippen MR) is 119 cm³/mol. The standard InChI is InChI=1S/C22H26F4O4SSi/c1-13(2)32(14(3)4,15(5)6)10-9-18-19(23)8-7-16-11-17(27)12-20(21(16)18)30-31(28,29)22(24,25)26/h7-8,11-15,27H,1-6H3. The number of hydrogen-bond donors (Lipinski definition) is 1. The van der Waals surface area contributed by atoms with Gasteiger partial charge in [0.2, 0.25) is 0 Å². The highest BCUT2D eigenvalue weighted by Gasteiger charge is 2.49. The van der Waals surface area contributed by atoms with E-state index in [1.165, 1.54) is 12.1 Å². The maximum absolute atomic E-state index is 14.9. The largest absolute Gasteiger partial charge is 0.534 e. The summed E-state index contributed by atoms with van der Waals surface area (Å²) >= 11 is 0. The average molecular weight is 491 g/mol. The molecule has 0 atom stereocenters. The van der Waals surface area contributed by atoms with Crippen molar-refractivity contribution in [1.29, 1.82) is 0 Å². The van der Waals surface area contributed by atoms with Gasteiger partial charge in [-0.1, -0.05) is 53.5 Å². The van der Waals surface area contributed by atoms with Gasteiger partial charge in [-0.05, 0) is 34.1 Å². The molecule has 2 aromatic carbocycles. The molecule has 0 bridgehead atoms. The Kier molecular flexibility index (Phi) is 7.27. The third-order valence-electron chi connectivity index (χ3n) is 5.77. The molecule has 0 spiro atoms. The Morgan fingerprint density at radius 2 is 1.53 bits per heavy atom. The van der Waals surface area contributed by atoms with Gasteiger partial charge >= 0.3 is 15.6 Å². The number of phenols is 1. The Morgan fingerprint density at radius 1 is 1.00 bits per heavy atom. The second kappa shape index (κ2) is 8.94. The van der Waals surface area contributed by atoms with Gasteiger partial charge in [-0.3, -0.25) is 0 Å². The Hall–Kier alpha value is -2.25. The third kappa shape index (κ3) is 4.74. The van der Waals surface area contributed by atoms with Crippen molar-refractivity contribution in [3.05, 3.63) is 35.6 Å². The smallest absolute Gasteiger partial charge is 0.508 e. The Labute approximate surface area is 186 Å². The monoisotopic (exact) mass is 490 g/mol. The molecule has 0 saturated heterocycles. The molecule has 0 heterocycles. The lowest BCUT2D eigenvalue weighted by atomic mass is 10.0. The van der Waals surface area contributed by atoms with Crippen LogP contribution in [0.3, 0.4) is 0 Å². The van der Waals surface area contributed by atoms with Crippen LogP contribution in [0, 0.1) is 17.3 Å². The number of aromatic hydroxyl groups is 1. The molecule has 0 fully saturated rings. The molecule has 10 heteroatoms. The molecule has 0 saturated carbocycles. The van der Waals surface area contributed by atoms with Gasteiger partial charge in [-0.2, -0.15) is 21.6 Å². The van der Waals surface area contributed by atoms with Gasteiger partial charge in [0.1, 0.15) is 19.6 Å². The summed E-state index contributed by atoms with van der Waals surface area (Å²) in [4.78, 5) is 0. The van der Waals surface area contributed by atoms with Crippen molar-refractivity contribution in [1.82, 2.24) is 0 Å². The first-order chi connectivity index (χ1) is 14.5. The van der Waals surface area contributed by atoms with Crippen LogP contribution in [0.25, 0.3) is 10.8 Å². The van der Waals surface area contributed by atoms with Crippen LogP contribution in [0.4, 0.5) is 17.6 Å². The molecule has 0 aliphatic heterocycles. The maximum Gasteiger partial charge on any atom is 0.534 e. The zero-order chi connectivity index (χ0) is 24.6. The van der Waals surface area contributed by atoms with Crippen molar-refractivity contribution >= 4 is 29.0 Å². The van der Waals surface area contributed by atoms with Crippen LogP contribution >= 0.6 is 0 Å². The Balaban J connectivity index is 2.88. The Bertz CT molecular complexity index is 1150. The molecule has 0 amide bonds. The van der Waals surface area contributed by atoms with Crippen molar-refractivity contribution < 1.29 is 35.3 Å². The van der Waals surface area contributed by atoms with Gasteiger partial charge in [0, 0.05) is 11.5 Å². The summed E-state index contributed by atoms with van der Waals surface area (Å²) < 4.78 is 81.1. The van der Waals surface area contributed by atoms with E-state index >= 15 is 0 Å². The summed E-state index contributed by atoms with van der Waals surface area (Å²) in [6.45, 7) is 12.3. The van der Waals surface area contributed by atoms with E-state index in [-0.39, 0.29) is 33.0 Å². The van der Waals surface area contributed by atoms with Crippen LogP contribution in [0.1, 0.15) is 47.1 Å². The molecular formula is C22H26F4O4SSi. The fourth-order valence-electron chi connectivity index (χ4n) is 4.34. The zero-order valence-corrected chi connectivity index (χ0v) is 20.5. The van der Waals surface area contributed by atoms with Gasteiger partial charge < -0.3 is 9.29 Å². The molecule has 1 N–H and O–H groups in total. The van der Waals surface area contributed by atoms with Crippen LogP contribution in [-0.2, 0) is 10.1 Å². The first-order valence-corrected chi connectivity index (χ1v) is 13.7. The minimum Gasteiger partial charge on any atom is -0.508 e. The topological polar surface area (TPSA) is 63.6 Å². The summed E-state index contributed by atoms with van der Waals surface area (Å²) in [7, 11) is -8.39. The fourth-order valence-corrected chi connectivity index (χ4v) is 10.0. The second-order valence-corrected chi connectivity index (χ2v) is 15.7. The molecule has 0 unspecified atom stereocenters. The zero-order valence-electron chi connectivity index (χ0n) is 18.6. The van der Waals surface area contributed by atoms with Crippen LogP contribution < -0.4 is 4.18 Å². The van der Waals surface area contributed by atoms with Crippen molar-refractivity contribution in [3.63, 3.8) is 0 Å². The summed E-state index contributed by atoms with van der Waals surface area (Å²) in [5.41, 5.74) is -2.07.